The van der Waals surface area contributed by atoms with Crippen molar-refractivity contribution in [1.29, 1.82) is 0 Å². The van der Waals surface area contributed by atoms with Crippen LogP contribution in [0, 0.1) is 7.11 Å². The molecule has 0 N–H and O–H groups in total. The summed E-state index contributed by atoms with van der Waals surface area (Å²) in [6.45, 7) is 1.30. The van der Waals surface area contributed by atoms with Crippen molar-refractivity contribution < 1.29 is 9.53 Å². The van der Waals surface area contributed by atoms with Crippen LogP contribution in [-0.2, 0) is 9.53 Å². The molecule has 1 radical (unpaired) electrons. The van der Waals surface area contributed by atoms with E-state index in [4.69, 9.17) is 0 Å². The molecule has 0 rings (SSSR count). The quantitative estimate of drug-likeness (QED) is 0.318. The maximum atomic E-state index is 9.53. The van der Waals surface area contributed by atoms with Gasteiger partial charge in [0.05, 0.1) is 0 Å². The van der Waals surface area contributed by atoms with E-state index in [1.165, 1.54) is 6.92 Å². The first kappa shape index (κ1) is 10.2. The zero-order valence-corrected chi connectivity index (χ0v) is 3.02. The predicted octanol–water partition coefficient (Wildman–Crippen LogP) is -0.307. The summed E-state index contributed by atoms with van der Waals surface area (Å²) < 4.78 is 3.86. The van der Waals surface area contributed by atoms with Crippen LogP contribution in [0.4, 0.5) is 0 Å². The third-order valence-corrected chi connectivity index (χ3v) is 0.203. The van der Waals surface area contributed by atoms with Crippen molar-refractivity contribution in [2.45, 2.75) is 6.92 Å². The summed E-state index contributed by atoms with van der Waals surface area (Å²) in [5.41, 5.74) is 0. The average molecular weight is 113 g/mol. The molecule has 3 heteroatoms. The Kier molecular flexibility index (Phi) is 10.3. The van der Waals surface area contributed by atoms with Crippen molar-refractivity contribution in [2.75, 3.05) is 0 Å². The summed E-state index contributed by atoms with van der Waals surface area (Å²) >= 11 is 0. The first-order chi connectivity index (χ1) is 2.27. The van der Waals surface area contributed by atoms with Gasteiger partial charge in [0.1, 0.15) is 7.11 Å². The van der Waals surface area contributed by atoms with E-state index in [9.17, 15) is 4.79 Å². The molecule has 0 amide bonds. The number of esters is 1. The minimum atomic E-state index is -0.356. The summed E-state index contributed by atoms with van der Waals surface area (Å²) in [5, 5.41) is 0. The number of ether oxygens (including phenoxy) is 1. The van der Waals surface area contributed by atoms with E-state index >= 15 is 0 Å². The van der Waals surface area contributed by atoms with Gasteiger partial charge in [0.25, 0.3) is 0 Å². The molecule has 0 spiro atoms. The molecular weight excluding hydrogens is 107 g/mol. The van der Waals surface area contributed by atoms with Gasteiger partial charge in [0, 0.05) is 6.92 Å². The molecule has 0 aliphatic heterocycles. The number of carbonyl (C=O) groups is 1. The maximum absolute atomic E-state index is 9.53. The number of hydrogen-bond acceptors (Lipinski definition) is 2. The molecule has 0 heterocycles. The summed E-state index contributed by atoms with van der Waals surface area (Å²) in [6, 6.07) is 0. The van der Waals surface area contributed by atoms with E-state index < -0.39 is 0 Å². The molecule has 0 aromatic carbocycles. The molecule has 0 bridgehead atoms. The van der Waals surface area contributed by atoms with Crippen molar-refractivity contribution in [2.24, 2.45) is 0 Å². The van der Waals surface area contributed by atoms with Gasteiger partial charge in [-0.25, -0.2) is 0 Å². The zero-order valence-electron chi connectivity index (χ0n) is 3.02. The molecule has 0 aromatic rings. The number of hydrogen-bond donors (Lipinski definition) is 0. The van der Waals surface area contributed by atoms with Crippen molar-refractivity contribution in [3.63, 3.8) is 0 Å². The van der Waals surface area contributed by atoms with Gasteiger partial charge in [-0.2, -0.15) is 0 Å². The summed E-state index contributed by atoms with van der Waals surface area (Å²) in [5.74, 6) is -0.356. The topological polar surface area (TPSA) is 26.3 Å². The van der Waals surface area contributed by atoms with Crippen LogP contribution >= 0.6 is 0 Å². The second kappa shape index (κ2) is 6.11. The molecule has 0 aliphatic rings. The van der Waals surface area contributed by atoms with Gasteiger partial charge in [0.2, 0.25) is 0 Å². The van der Waals surface area contributed by atoms with Gasteiger partial charge in [-0.3, -0.25) is 4.79 Å². The number of carbonyl (C=O) groups excluding carboxylic acids is 1. The molecule has 31 valence electrons. The Labute approximate surface area is 79.7 Å². The fourth-order valence-corrected chi connectivity index (χ4v) is 0. The van der Waals surface area contributed by atoms with E-state index in [2.05, 4.69) is 11.8 Å². The van der Waals surface area contributed by atoms with Crippen LogP contribution in [-0.4, -0.2) is 57.4 Å². The van der Waals surface area contributed by atoms with Crippen molar-refractivity contribution in [3.8, 4) is 0 Å². The molecule has 0 atom stereocenters. The minimum absolute atomic E-state index is 0. The molecule has 0 aromatic heterocycles. The fraction of sp³-hybridized carbons (Fsp3) is 0.333. The van der Waals surface area contributed by atoms with Gasteiger partial charge in [-0.15, -0.1) is 0 Å². The van der Waals surface area contributed by atoms with Crippen LogP contribution in [0.1, 0.15) is 6.92 Å². The van der Waals surface area contributed by atoms with Gasteiger partial charge in [-0.05, 0) is 0 Å². The first-order valence-electron chi connectivity index (χ1n) is 1.20. The second-order valence-electron chi connectivity index (χ2n) is 0.636. The first-order valence-corrected chi connectivity index (χ1v) is 1.20. The van der Waals surface area contributed by atoms with Crippen LogP contribution < -0.4 is 0 Å². The normalized spacial score (nSPS) is 5.67. The third-order valence-electron chi connectivity index (χ3n) is 0.203. The van der Waals surface area contributed by atoms with Crippen molar-refractivity contribution >= 4 is 57.4 Å². The van der Waals surface area contributed by atoms with Crippen molar-refractivity contribution in [3.05, 3.63) is 7.11 Å². The van der Waals surface area contributed by atoms with Gasteiger partial charge >= 0.3 is 57.4 Å². The zero-order chi connectivity index (χ0) is 4.28. The number of rotatable bonds is 0. The van der Waals surface area contributed by atoms with E-state index in [-0.39, 0.29) is 57.4 Å². The average Bonchev–Trinajstić information content (AvgIpc) is 1.38. The van der Waals surface area contributed by atoms with Crippen LogP contribution in [0.2, 0.25) is 0 Å². The van der Waals surface area contributed by atoms with Gasteiger partial charge in [-0.1, -0.05) is 0 Å². The van der Waals surface area contributed by atoms with Crippen LogP contribution in [0.25, 0.3) is 0 Å². The molecule has 0 unspecified atom stereocenters. The molecular formula is C3H6KO2. The molecule has 0 fully saturated rings. The third kappa shape index (κ3) is 8.92. The standard InChI is InChI=1S/C3H5O2.K.H/c1-3(4)5-2;;/h2H2,1H3;;. The van der Waals surface area contributed by atoms with Gasteiger partial charge in [0.15, 0.2) is 0 Å². The van der Waals surface area contributed by atoms with Crippen LogP contribution in [0.5, 0.6) is 0 Å². The Morgan fingerprint density at radius 2 is 2.00 bits per heavy atom. The van der Waals surface area contributed by atoms with Gasteiger partial charge < -0.3 is 4.74 Å². The van der Waals surface area contributed by atoms with Crippen LogP contribution in [0.3, 0.4) is 0 Å². The monoisotopic (exact) mass is 113 g/mol. The molecule has 2 nitrogen and oxygen atoms in total. The fourth-order valence-electron chi connectivity index (χ4n) is 0. The Hall–Kier alpha value is 1.11. The van der Waals surface area contributed by atoms with E-state index in [1.807, 2.05) is 0 Å². The molecule has 0 aliphatic carbocycles. The Bertz CT molecular complexity index is 44.1. The van der Waals surface area contributed by atoms with E-state index in [0.29, 0.717) is 0 Å². The Morgan fingerprint density at radius 1 is 1.83 bits per heavy atom. The van der Waals surface area contributed by atoms with E-state index in [1.54, 1.807) is 0 Å². The Balaban J connectivity index is 0. The second-order valence-corrected chi connectivity index (χ2v) is 0.636. The SMILES string of the molecule is [CH2]OC(C)=O.[KH]. The van der Waals surface area contributed by atoms with Crippen molar-refractivity contribution in [1.82, 2.24) is 0 Å². The Morgan fingerprint density at radius 3 is 2.00 bits per heavy atom. The summed E-state index contributed by atoms with van der Waals surface area (Å²) in [4.78, 5) is 9.53. The summed E-state index contributed by atoms with van der Waals surface area (Å²) in [6.07, 6.45) is 0. The van der Waals surface area contributed by atoms with E-state index in [0.717, 1.165) is 0 Å². The van der Waals surface area contributed by atoms with Crippen LogP contribution in [0.15, 0.2) is 0 Å². The molecule has 0 saturated carbocycles. The summed E-state index contributed by atoms with van der Waals surface area (Å²) in [7, 11) is 2.84. The molecule has 0 saturated heterocycles. The predicted molar refractivity (Wildman–Crippen MR) is 24.3 cm³/mol. The molecule has 6 heavy (non-hydrogen) atoms.